The average molecular weight is 294 g/mol. The van der Waals surface area contributed by atoms with Gasteiger partial charge in [0.2, 0.25) is 0 Å². The topological polar surface area (TPSA) is 69.6 Å². The lowest BCUT2D eigenvalue weighted by Crippen LogP contribution is -2.53. The first-order valence-electron chi connectivity index (χ1n) is 8.36. The van der Waals surface area contributed by atoms with Crippen molar-refractivity contribution in [1.29, 1.82) is 0 Å². The van der Waals surface area contributed by atoms with Crippen molar-refractivity contribution in [3.8, 4) is 0 Å². The summed E-state index contributed by atoms with van der Waals surface area (Å²) in [6.45, 7) is 1.38. The van der Waals surface area contributed by atoms with Gasteiger partial charge in [0.1, 0.15) is 0 Å². The van der Waals surface area contributed by atoms with Crippen LogP contribution in [0.1, 0.15) is 57.8 Å². The highest BCUT2D eigenvalue weighted by atomic mass is 16.4. The molecule has 2 atom stereocenters. The van der Waals surface area contributed by atoms with Crippen LogP contribution in [0.4, 0.5) is 4.79 Å². The molecule has 1 saturated heterocycles. The summed E-state index contributed by atoms with van der Waals surface area (Å²) < 4.78 is 0. The van der Waals surface area contributed by atoms with Gasteiger partial charge < -0.3 is 15.3 Å². The van der Waals surface area contributed by atoms with E-state index in [1.54, 1.807) is 0 Å². The Morgan fingerprint density at radius 3 is 2.57 bits per heavy atom. The van der Waals surface area contributed by atoms with Gasteiger partial charge in [-0.25, -0.2) is 4.79 Å². The molecule has 3 fully saturated rings. The molecule has 2 aliphatic carbocycles. The second-order valence-corrected chi connectivity index (χ2v) is 7.18. The molecule has 2 amide bonds. The minimum atomic E-state index is -0.752. The molecule has 0 aromatic heterocycles. The molecule has 0 bridgehead atoms. The quantitative estimate of drug-likeness (QED) is 0.837. The summed E-state index contributed by atoms with van der Waals surface area (Å²) in [5.41, 5.74) is -0.188. The Morgan fingerprint density at radius 1 is 1.14 bits per heavy atom. The summed E-state index contributed by atoms with van der Waals surface area (Å²) in [5.74, 6) is -0.0565. The van der Waals surface area contributed by atoms with Gasteiger partial charge in [0.25, 0.3) is 0 Å². The molecule has 3 aliphatic rings. The van der Waals surface area contributed by atoms with Crippen LogP contribution >= 0.6 is 0 Å². The number of carbonyl (C=O) groups excluding carboxylic acids is 1. The number of amides is 2. The lowest BCUT2D eigenvalue weighted by molar-refractivity contribution is -0.141. The SMILES string of the molecule is O=C(O)CC1(CNC(=O)N2CCCC3CCCC32)CCC1. The van der Waals surface area contributed by atoms with Crippen molar-refractivity contribution in [2.45, 2.75) is 63.8 Å². The van der Waals surface area contributed by atoms with E-state index in [1.807, 2.05) is 4.90 Å². The third-order valence-electron chi connectivity index (χ3n) is 5.81. The molecule has 118 valence electrons. The Bertz CT molecular complexity index is 420. The molecule has 2 saturated carbocycles. The fourth-order valence-electron chi connectivity index (χ4n) is 4.48. The van der Waals surface area contributed by atoms with Crippen LogP contribution < -0.4 is 5.32 Å². The second-order valence-electron chi connectivity index (χ2n) is 7.18. The molecule has 5 nitrogen and oxygen atoms in total. The highest BCUT2D eigenvalue weighted by Crippen LogP contribution is 2.43. The first-order chi connectivity index (χ1) is 10.1. The molecular formula is C16H26N2O3. The lowest BCUT2D eigenvalue weighted by atomic mass is 9.66. The highest BCUT2D eigenvalue weighted by Gasteiger charge is 2.41. The normalized spacial score (nSPS) is 30.4. The van der Waals surface area contributed by atoms with E-state index in [4.69, 9.17) is 5.11 Å². The number of hydrogen-bond acceptors (Lipinski definition) is 2. The third kappa shape index (κ3) is 3.01. The smallest absolute Gasteiger partial charge is 0.317 e. The maximum absolute atomic E-state index is 12.5. The number of likely N-dealkylation sites (tertiary alicyclic amines) is 1. The number of aliphatic carboxylic acids is 1. The zero-order valence-corrected chi connectivity index (χ0v) is 12.6. The van der Waals surface area contributed by atoms with E-state index >= 15 is 0 Å². The first kappa shape index (κ1) is 14.7. The number of fused-ring (bicyclic) bond motifs is 1. The van der Waals surface area contributed by atoms with Gasteiger partial charge in [0.15, 0.2) is 0 Å². The van der Waals surface area contributed by atoms with Crippen LogP contribution in [0.25, 0.3) is 0 Å². The van der Waals surface area contributed by atoms with Gasteiger partial charge in [-0.05, 0) is 49.9 Å². The van der Waals surface area contributed by atoms with Crippen LogP contribution in [0.15, 0.2) is 0 Å². The predicted octanol–water partition coefficient (Wildman–Crippen LogP) is 2.61. The van der Waals surface area contributed by atoms with Gasteiger partial charge >= 0.3 is 12.0 Å². The van der Waals surface area contributed by atoms with Crippen molar-refractivity contribution in [2.75, 3.05) is 13.1 Å². The van der Waals surface area contributed by atoms with E-state index in [0.29, 0.717) is 18.5 Å². The average Bonchev–Trinajstić information content (AvgIpc) is 2.89. The van der Waals surface area contributed by atoms with Crippen molar-refractivity contribution in [3.05, 3.63) is 0 Å². The standard InChI is InChI=1S/C16H26N2O3/c19-14(20)10-16(7-3-8-16)11-17-15(21)18-9-2-5-12-4-1-6-13(12)18/h12-13H,1-11H2,(H,17,21)(H,19,20). The van der Waals surface area contributed by atoms with Crippen molar-refractivity contribution in [3.63, 3.8) is 0 Å². The summed E-state index contributed by atoms with van der Waals surface area (Å²) in [5, 5.41) is 12.1. The van der Waals surface area contributed by atoms with Crippen molar-refractivity contribution >= 4 is 12.0 Å². The molecule has 21 heavy (non-hydrogen) atoms. The number of nitrogens with one attached hydrogen (secondary N) is 1. The lowest BCUT2D eigenvalue weighted by Gasteiger charge is -2.42. The van der Waals surface area contributed by atoms with Gasteiger partial charge in [-0.3, -0.25) is 4.79 Å². The Morgan fingerprint density at radius 2 is 1.90 bits per heavy atom. The van der Waals surface area contributed by atoms with Gasteiger partial charge in [-0.15, -0.1) is 0 Å². The summed E-state index contributed by atoms with van der Waals surface area (Å²) in [7, 11) is 0. The Kier molecular flexibility index (Phi) is 4.09. The summed E-state index contributed by atoms with van der Waals surface area (Å²) in [6, 6.07) is 0.457. The largest absolute Gasteiger partial charge is 0.481 e. The number of hydrogen-bond donors (Lipinski definition) is 2. The minimum absolute atomic E-state index is 0.0308. The molecule has 0 spiro atoms. The number of nitrogens with zero attached hydrogens (tertiary/aromatic N) is 1. The molecule has 2 N–H and O–H groups in total. The van der Waals surface area contributed by atoms with Crippen LogP contribution in [0, 0.1) is 11.3 Å². The zero-order chi connectivity index (χ0) is 14.9. The Hall–Kier alpha value is -1.26. The number of carboxylic acid groups (broad SMARTS) is 1. The van der Waals surface area contributed by atoms with Crippen molar-refractivity contribution in [2.24, 2.45) is 11.3 Å². The zero-order valence-electron chi connectivity index (χ0n) is 12.6. The van der Waals surface area contributed by atoms with E-state index in [1.165, 1.54) is 19.3 Å². The van der Waals surface area contributed by atoms with E-state index < -0.39 is 5.97 Å². The van der Waals surface area contributed by atoms with Gasteiger partial charge in [-0.2, -0.15) is 0 Å². The number of rotatable bonds is 4. The fourth-order valence-corrected chi connectivity index (χ4v) is 4.48. The molecule has 0 radical (unpaired) electrons. The molecule has 1 aliphatic heterocycles. The number of urea groups is 1. The minimum Gasteiger partial charge on any atom is -0.481 e. The van der Waals surface area contributed by atoms with Gasteiger partial charge in [0, 0.05) is 19.1 Å². The van der Waals surface area contributed by atoms with Gasteiger partial charge in [-0.1, -0.05) is 12.8 Å². The highest BCUT2D eigenvalue weighted by molar-refractivity contribution is 5.75. The van der Waals surface area contributed by atoms with E-state index in [2.05, 4.69) is 5.32 Å². The van der Waals surface area contributed by atoms with Gasteiger partial charge in [0.05, 0.1) is 6.42 Å². The number of piperidine rings is 1. The first-order valence-corrected chi connectivity index (χ1v) is 8.36. The van der Waals surface area contributed by atoms with Crippen molar-refractivity contribution < 1.29 is 14.7 Å². The Labute approximate surface area is 126 Å². The molecule has 3 rings (SSSR count). The molecule has 0 aromatic carbocycles. The van der Waals surface area contributed by atoms with Crippen LogP contribution in [0.3, 0.4) is 0 Å². The monoisotopic (exact) mass is 294 g/mol. The molecule has 0 aromatic rings. The van der Waals surface area contributed by atoms with Crippen molar-refractivity contribution in [1.82, 2.24) is 10.2 Å². The molecular weight excluding hydrogens is 268 g/mol. The summed E-state index contributed by atoms with van der Waals surface area (Å²) in [4.78, 5) is 25.5. The molecule has 1 heterocycles. The van der Waals surface area contributed by atoms with E-state index in [-0.39, 0.29) is 17.9 Å². The third-order valence-corrected chi connectivity index (χ3v) is 5.81. The maximum Gasteiger partial charge on any atom is 0.317 e. The molecule has 2 unspecified atom stereocenters. The van der Waals surface area contributed by atoms with Crippen LogP contribution in [-0.2, 0) is 4.79 Å². The summed E-state index contributed by atoms with van der Waals surface area (Å²) in [6.07, 6.45) is 9.11. The molecule has 5 heteroatoms. The predicted molar refractivity (Wildman–Crippen MR) is 79.0 cm³/mol. The van der Waals surface area contributed by atoms with Crippen LogP contribution in [0.5, 0.6) is 0 Å². The Balaban J connectivity index is 1.55. The fraction of sp³-hybridized carbons (Fsp3) is 0.875. The number of carboxylic acids is 1. The second kappa shape index (κ2) is 5.85. The van der Waals surface area contributed by atoms with E-state index in [0.717, 1.165) is 38.6 Å². The maximum atomic E-state index is 12.5. The number of carbonyl (C=O) groups is 2. The summed E-state index contributed by atoms with van der Waals surface area (Å²) >= 11 is 0. The van der Waals surface area contributed by atoms with Crippen LogP contribution in [0.2, 0.25) is 0 Å². The van der Waals surface area contributed by atoms with Crippen LogP contribution in [-0.4, -0.2) is 41.1 Å². The van der Waals surface area contributed by atoms with E-state index in [9.17, 15) is 9.59 Å².